The Kier molecular flexibility index (Phi) is 3.30. The predicted octanol–water partition coefficient (Wildman–Crippen LogP) is 3.55. The van der Waals surface area contributed by atoms with Gasteiger partial charge in [-0.3, -0.25) is 4.90 Å². The molecule has 0 amide bonds. The third-order valence-corrected chi connectivity index (χ3v) is 5.30. The van der Waals surface area contributed by atoms with Gasteiger partial charge in [-0.15, -0.1) is 11.3 Å². The van der Waals surface area contributed by atoms with Gasteiger partial charge in [-0.25, -0.2) is 0 Å². The van der Waals surface area contributed by atoms with Crippen LogP contribution >= 0.6 is 11.3 Å². The third kappa shape index (κ3) is 2.29. The van der Waals surface area contributed by atoms with Gasteiger partial charge in [0.15, 0.2) is 0 Å². The number of rotatable bonds is 3. The van der Waals surface area contributed by atoms with Gasteiger partial charge in [0.05, 0.1) is 6.04 Å². The Labute approximate surface area is 128 Å². The Morgan fingerprint density at radius 1 is 1.29 bits per heavy atom. The molecule has 0 radical (unpaired) electrons. The molecule has 1 atom stereocenters. The maximum absolute atomic E-state index is 6.05. The summed E-state index contributed by atoms with van der Waals surface area (Å²) in [5, 5.41) is 3.34. The van der Waals surface area contributed by atoms with Gasteiger partial charge in [0, 0.05) is 29.9 Å². The smallest absolute Gasteiger partial charge is 0.134 e. The van der Waals surface area contributed by atoms with E-state index >= 15 is 0 Å². The van der Waals surface area contributed by atoms with Crippen molar-refractivity contribution in [1.82, 2.24) is 4.90 Å². The highest BCUT2D eigenvalue weighted by Crippen LogP contribution is 2.32. The maximum atomic E-state index is 6.05. The normalized spacial score (nSPS) is 17.0. The van der Waals surface area contributed by atoms with E-state index in [0.717, 1.165) is 36.2 Å². The van der Waals surface area contributed by atoms with Crippen molar-refractivity contribution in [2.75, 3.05) is 13.1 Å². The molecule has 0 aliphatic carbocycles. The lowest BCUT2D eigenvalue weighted by Crippen LogP contribution is -2.37. The minimum absolute atomic E-state index is 0.158. The fourth-order valence-corrected chi connectivity index (χ4v) is 4.04. The summed E-state index contributed by atoms with van der Waals surface area (Å²) in [6.45, 7) is 2.60. The molecule has 3 nitrogen and oxygen atoms in total. The highest BCUT2D eigenvalue weighted by Gasteiger charge is 2.26. The molecule has 2 aromatic heterocycles. The highest BCUT2D eigenvalue weighted by atomic mass is 32.1. The molecule has 0 saturated heterocycles. The first-order chi connectivity index (χ1) is 10.3. The summed E-state index contributed by atoms with van der Waals surface area (Å²) in [6.07, 6.45) is 1.11. The number of furan rings is 1. The van der Waals surface area contributed by atoms with Gasteiger partial charge in [0.2, 0.25) is 0 Å². The zero-order valence-corrected chi connectivity index (χ0v) is 12.6. The fraction of sp³-hybridized carbons (Fsp3) is 0.294. The van der Waals surface area contributed by atoms with Crippen LogP contribution in [0.25, 0.3) is 11.0 Å². The lowest BCUT2D eigenvalue weighted by molar-refractivity contribution is 0.166. The molecule has 0 spiro atoms. The van der Waals surface area contributed by atoms with Crippen molar-refractivity contribution >= 4 is 22.3 Å². The lowest BCUT2D eigenvalue weighted by atomic mass is 10.1. The topological polar surface area (TPSA) is 42.4 Å². The van der Waals surface area contributed by atoms with Crippen LogP contribution in [0.4, 0.5) is 0 Å². The Balaban J connectivity index is 1.65. The van der Waals surface area contributed by atoms with E-state index < -0.39 is 0 Å². The molecule has 3 aromatic rings. The van der Waals surface area contributed by atoms with Crippen molar-refractivity contribution in [3.63, 3.8) is 0 Å². The van der Waals surface area contributed by atoms with E-state index in [9.17, 15) is 0 Å². The molecule has 0 bridgehead atoms. The number of thiophene rings is 1. The second-order valence-corrected chi connectivity index (χ2v) is 6.53. The van der Waals surface area contributed by atoms with E-state index in [2.05, 4.69) is 28.5 Å². The van der Waals surface area contributed by atoms with Crippen LogP contribution in [0.2, 0.25) is 0 Å². The van der Waals surface area contributed by atoms with Gasteiger partial charge in [-0.05, 0) is 35.6 Å². The SMILES string of the molecule is NCC(c1cc2ccccc2o1)N1CCc2sccc2C1. The zero-order chi connectivity index (χ0) is 14.2. The van der Waals surface area contributed by atoms with Gasteiger partial charge in [-0.2, -0.15) is 0 Å². The van der Waals surface area contributed by atoms with Gasteiger partial charge in [0.1, 0.15) is 11.3 Å². The van der Waals surface area contributed by atoms with Gasteiger partial charge < -0.3 is 10.2 Å². The lowest BCUT2D eigenvalue weighted by Gasteiger charge is -2.32. The zero-order valence-electron chi connectivity index (χ0n) is 11.8. The van der Waals surface area contributed by atoms with E-state index in [-0.39, 0.29) is 6.04 Å². The molecule has 2 N–H and O–H groups in total. The summed E-state index contributed by atoms with van der Waals surface area (Å²) in [5.74, 6) is 0.984. The summed E-state index contributed by atoms with van der Waals surface area (Å²) in [6, 6.07) is 12.7. The number of fused-ring (bicyclic) bond motifs is 2. The van der Waals surface area contributed by atoms with Crippen LogP contribution in [0.15, 0.2) is 46.2 Å². The van der Waals surface area contributed by atoms with E-state index in [1.54, 1.807) is 0 Å². The Morgan fingerprint density at radius 3 is 3.05 bits per heavy atom. The molecular formula is C17H18N2OS. The van der Waals surface area contributed by atoms with Crippen LogP contribution in [0.3, 0.4) is 0 Å². The molecule has 0 saturated carbocycles. The number of hydrogen-bond donors (Lipinski definition) is 1. The van der Waals surface area contributed by atoms with Crippen molar-refractivity contribution < 1.29 is 4.42 Å². The minimum atomic E-state index is 0.158. The van der Waals surface area contributed by atoms with Crippen LogP contribution in [0.5, 0.6) is 0 Å². The van der Waals surface area contributed by atoms with Gasteiger partial charge in [-0.1, -0.05) is 18.2 Å². The average molecular weight is 298 g/mol. The number of hydrogen-bond acceptors (Lipinski definition) is 4. The number of para-hydroxylation sites is 1. The maximum Gasteiger partial charge on any atom is 0.134 e. The Morgan fingerprint density at radius 2 is 2.19 bits per heavy atom. The van der Waals surface area contributed by atoms with Crippen LogP contribution in [0.1, 0.15) is 22.2 Å². The van der Waals surface area contributed by atoms with Gasteiger partial charge in [0.25, 0.3) is 0 Å². The first-order valence-corrected chi connectivity index (χ1v) is 8.21. The van der Waals surface area contributed by atoms with E-state index in [4.69, 9.17) is 10.2 Å². The number of nitrogens with two attached hydrogens (primary N) is 1. The van der Waals surface area contributed by atoms with Crippen LogP contribution in [-0.2, 0) is 13.0 Å². The van der Waals surface area contributed by atoms with Crippen LogP contribution < -0.4 is 5.73 Å². The summed E-state index contributed by atoms with van der Waals surface area (Å²) >= 11 is 1.86. The largest absolute Gasteiger partial charge is 0.459 e. The predicted molar refractivity (Wildman–Crippen MR) is 86.4 cm³/mol. The number of nitrogens with zero attached hydrogens (tertiary/aromatic N) is 1. The van der Waals surface area contributed by atoms with E-state index in [0.29, 0.717) is 6.54 Å². The molecule has 21 heavy (non-hydrogen) atoms. The molecule has 0 fully saturated rings. The van der Waals surface area contributed by atoms with Crippen molar-refractivity contribution in [1.29, 1.82) is 0 Å². The minimum Gasteiger partial charge on any atom is -0.459 e. The summed E-state index contributed by atoms with van der Waals surface area (Å²) in [4.78, 5) is 3.96. The highest BCUT2D eigenvalue weighted by molar-refractivity contribution is 7.10. The molecule has 108 valence electrons. The quantitative estimate of drug-likeness (QED) is 0.804. The van der Waals surface area contributed by atoms with E-state index in [1.165, 1.54) is 10.4 Å². The average Bonchev–Trinajstić information content (AvgIpc) is 3.13. The molecule has 1 aliphatic heterocycles. The van der Waals surface area contributed by atoms with Crippen molar-refractivity contribution in [2.24, 2.45) is 5.73 Å². The fourth-order valence-electron chi connectivity index (χ4n) is 3.15. The van der Waals surface area contributed by atoms with Crippen molar-refractivity contribution in [2.45, 2.75) is 19.0 Å². The second-order valence-electron chi connectivity index (χ2n) is 5.53. The standard InChI is InChI=1S/C17H18N2OS/c18-10-14(16-9-12-3-1-2-4-15(12)20-16)19-7-5-17-13(11-19)6-8-21-17/h1-4,6,8-9,14H,5,7,10-11,18H2. The number of benzene rings is 1. The molecule has 4 heteroatoms. The Bertz CT molecular complexity index is 728. The van der Waals surface area contributed by atoms with Crippen LogP contribution in [0, 0.1) is 0 Å². The van der Waals surface area contributed by atoms with E-state index in [1.807, 2.05) is 29.5 Å². The second kappa shape index (κ2) is 5.30. The first-order valence-electron chi connectivity index (χ1n) is 7.33. The third-order valence-electron chi connectivity index (χ3n) is 4.27. The first kappa shape index (κ1) is 13.1. The summed E-state index contributed by atoms with van der Waals surface area (Å²) in [7, 11) is 0. The molecular weight excluding hydrogens is 280 g/mol. The molecule has 4 rings (SSSR count). The monoisotopic (exact) mass is 298 g/mol. The molecule has 1 aliphatic rings. The molecule has 1 unspecified atom stereocenters. The van der Waals surface area contributed by atoms with Crippen molar-refractivity contribution in [3.8, 4) is 0 Å². The Hall–Kier alpha value is -1.62. The summed E-state index contributed by atoms with van der Waals surface area (Å²) < 4.78 is 6.02. The summed E-state index contributed by atoms with van der Waals surface area (Å²) in [5.41, 5.74) is 8.44. The molecule has 1 aromatic carbocycles. The van der Waals surface area contributed by atoms with Crippen LogP contribution in [-0.4, -0.2) is 18.0 Å². The van der Waals surface area contributed by atoms with Gasteiger partial charge >= 0.3 is 0 Å². The van der Waals surface area contributed by atoms with Crippen molar-refractivity contribution in [3.05, 3.63) is 58.0 Å². The molecule has 3 heterocycles.